The molecule has 1 aliphatic carbocycles. The molecule has 0 radical (unpaired) electrons. The smallest absolute Gasteiger partial charge is 0.243 e. The lowest BCUT2D eigenvalue weighted by Gasteiger charge is -2.04. The number of nitrogens with one attached hydrogen (secondary N) is 1. The monoisotopic (exact) mass is 206 g/mol. The Morgan fingerprint density at radius 1 is 1.53 bits per heavy atom. The molecule has 4 nitrogen and oxygen atoms in total. The van der Waals surface area contributed by atoms with Gasteiger partial charge in [0, 0.05) is 5.92 Å². The van der Waals surface area contributed by atoms with E-state index in [-0.39, 0.29) is 11.8 Å². The molecule has 0 bridgehead atoms. The second-order valence-electron chi connectivity index (χ2n) is 3.73. The van der Waals surface area contributed by atoms with E-state index in [0.717, 1.165) is 25.7 Å². The van der Waals surface area contributed by atoms with Gasteiger partial charge < -0.3 is 4.42 Å². The lowest BCUT2D eigenvalue weighted by molar-refractivity contribution is -0.124. The second kappa shape index (κ2) is 4.77. The van der Waals surface area contributed by atoms with Crippen molar-refractivity contribution in [3.05, 3.63) is 24.2 Å². The SMILES string of the molecule is O=C(N/N=C\c1ccco1)C1CCCC1. The van der Waals surface area contributed by atoms with Crippen molar-refractivity contribution in [1.82, 2.24) is 5.43 Å². The summed E-state index contributed by atoms with van der Waals surface area (Å²) < 4.78 is 5.04. The molecule has 0 aromatic carbocycles. The predicted octanol–water partition coefficient (Wildman–Crippen LogP) is 1.92. The van der Waals surface area contributed by atoms with Gasteiger partial charge in [-0.1, -0.05) is 12.8 Å². The predicted molar refractivity (Wildman–Crippen MR) is 56.4 cm³/mol. The van der Waals surface area contributed by atoms with Crippen LogP contribution in [0.4, 0.5) is 0 Å². The summed E-state index contributed by atoms with van der Waals surface area (Å²) >= 11 is 0. The first kappa shape index (κ1) is 9.96. The van der Waals surface area contributed by atoms with Gasteiger partial charge >= 0.3 is 0 Å². The zero-order valence-electron chi connectivity index (χ0n) is 8.48. The number of carbonyl (C=O) groups is 1. The first-order valence-electron chi connectivity index (χ1n) is 5.22. The number of hydrogen-bond donors (Lipinski definition) is 1. The van der Waals surface area contributed by atoms with Crippen molar-refractivity contribution in [2.24, 2.45) is 11.0 Å². The molecule has 1 N–H and O–H groups in total. The molecule has 1 aliphatic rings. The Labute approximate surface area is 88.4 Å². The van der Waals surface area contributed by atoms with Crippen LogP contribution in [0.5, 0.6) is 0 Å². The minimum absolute atomic E-state index is 0.0234. The number of rotatable bonds is 3. The average Bonchev–Trinajstić information content (AvgIpc) is 2.90. The van der Waals surface area contributed by atoms with Gasteiger partial charge in [-0.15, -0.1) is 0 Å². The van der Waals surface area contributed by atoms with Gasteiger partial charge in [0.1, 0.15) is 5.76 Å². The normalized spacial score (nSPS) is 17.3. The van der Waals surface area contributed by atoms with Crippen LogP contribution in [0.25, 0.3) is 0 Å². The summed E-state index contributed by atoms with van der Waals surface area (Å²) in [4.78, 5) is 11.5. The maximum atomic E-state index is 11.5. The number of amides is 1. The third-order valence-electron chi connectivity index (χ3n) is 2.64. The molecule has 1 aromatic rings. The Bertz CT molecular complexity index is 337. The van der Waals surface area contributed by atoms with Crippen LogP contribution in [0.1, 0.15) is 31.4 Å². The fraction of sp³-hybridized carbons (Fsp3) is 0.455. The molecule has 2 rings (SSSR count). The molecule has 15 heavy (non-hydrogen) atoms. The van der Waals surface area contributed by atoms with Crippen molar-refractivity contribution in [3.63, 3.8) is 0 Å². The Morgan fingerprint density at radius 2 is 2.33 bits per heavy atom. The molecule has 0 aliphatic heterocycles. The van der Waals surface area contributed by atoms with Gasteiger partial charge in [-0.25, -0.2) is 5.43 Å². The minimum atomic E-state index is 0.0234. The number of nitrogens with zero attached hydrogens (tertiary/aromatic N) is 1. The maximum absolute atomic E-state index is 11.5. The molecule has 0 spiro atoms. The highest BCUT2D eigenvalue weighted by Crippen LogP contribution is 2.24. The van der Waals surface area contributed by atoms with Gasteiger partial charge in [0.25, 0.3) is 0 Å². The van der Waals surface area contributed by atoms with E-state index in [9.17, 15) is 4.79 Å². The van der Waals surface area contributed by atoms with Gasteiger partial charge in [-0.2, -0.15) is 5.10 Å². The fourth-order valence-electron chi connectivity index (χ4n) is 1.80. The lowest BCUT2D eigenvalue weighted by atomic mass is 10.1. The van der Waals surface area contributed by atoms with Crippen LogP contribution in [0, 0.1) is 5.92 Å². The molecule has 0 unspecified atom stereocenters. The van der Waals surface area contributed by atoms with Crippen LogP contribution in [0.15, 0.2) is 27.9 Å². The third-order valence-corrected chi connectivity index (χ3v) is 2.64. The Kier molecular flexibility index (Phi) is 3.17. The molecular weight excluding hydrogens is 192 g/mol. The van der Waals surface area contributed by atoms with Crippen molar-refractivity contribution >= 4 is 12.1 Å². The topological polar surface area (TPSA) is 54.6 Å². The molecule has 0 saturated heterocycles. The highest BCUT2D eigenvalue weighted by atomic mass is 16.3. The molecule has 1 heterocycles. The number of carbonyl (C=O) groups excluding carboxylic acids is 1. The molecule has 1 saturated carbocycles. The highest BCUT2D eigenvalue weighted by Gasteiger charge is 2.21. The first-order chi connectivity index (χ1) is 7.36. The zero-order chi connectivity index (χ0) is 10.5. The Hall–Kier alpha value is -1.58. The minimum Gasteiger partial charge on any atom is -0.463 e. The summed E-state index contributed by atoms with van der Waals surface area (Å²) in [6, 6.07) is 3.56. The molecule has 1 fully saturated rings. The van der Waals surface area contributed by atoms with E-state index in [1.807, 2.05) is 0 Å². The van der Waals surface area contributed by atoms with E-state index in [0.29, 0.717) is 5.76 Å². The molecule has 1 amide bonds. The molecule has 1 aromatic heterocycles. The summed E-state index contributed by atoms with van der Waals surface area (Å²) in [6.45, 7) is 0. The maximum Gasteiger partial charge on any atom is 0.243 e. The van der Waals surface area contributed by atoms with Crippen LogP contribution < -0.4 is 5.43 Å². The molecule has 80 valence electrons. The van der Waals surface area contributed by atoms with E-state index < -0.39 is 0 Å². The van der Waals surface area contributed by atoms with Gasteiger partial charge in [0.2, 0.25) is 5.91 Å². The Balaban J connectivity index is 1.80. The van der Waals surface area contributed by atoms with Gasteiger partial charge in [-0.05, 0) is 25.0 Å². The van der Waals surface area contributed by atoms with E-state index >= 15 is 0 Å². The van der Waals surface area contributed by atoms with Crippen LogP contribution in [-0.4, -0.2) is 12.1 Å². The number of furan rings is 1. The van der Waals surface area contributed by atoms with Gasteiger partial charge in [-0.3, -0.25) is 4.79 Å². The average molecular weight is 206 g/mol. The quantitative estimate of drug-likeness (QED) is 0.606. The highest BCUT2D eigenvalue weighted by molar-refractivity contribution is 5.81. The van der Waals surface area contributed by atoms with Crippen LogP contribution >= 0.6 is 0 Å². The zero-order valence-corrected chi connectivity index (χ0v) is 8.48. The third kappa shape index (κ3) is 2.68. The van der Waals surface area contributed by atoms with E-state index in [4.69, 9.17) is 4.42 Å². The summed E-state index contributed by atoms with van der Waals surface area (Å²) in [5.41, 5.74) is 2.53. The standard InChI is InChI=1S/C11H14N2O2/c14-11(9-4-1-2-5-9)13-12-8-10-6-3-7-15-10/h3,6-9H,1-2,4-5H2,(H,13,14)/b12-8-. The number of hydrazone groups is 1. The van der Waals surface area contributed by atoms with Crippen molar-refractivity contribution in [2.75, 3.05) is 0 Å². The summed E-state index contributed by atoms with van der Waals surface area (Å²) in [6.07, 6.45) is 7.36. The molecule has 4 heteroatoms. The first-order valence-corrected chi connectivity index (χ1v) is 5.22. The second-order valence-corrected chi connectivity index (χ2v) is 3.73. The van der Waals surface area contributed by atoms with Crippen LogP contribution in [0.2, 0.25) is 0 Å². The van der Waals surface area contributed by atoms with Crippen molar-refractivity contribution < 1.29 is 9.21 Å². The largest absolute Gasteiger partial charge is 0.463 e. The summed E-state index contributed by atoms with van der Waals surface area (Å²) in [5.74, 6) is 0.816. The van der Waals surface area contributed by atoms with Crippen LogP contribution in [-0.2, 0) is 4.79 Å². The number of hydrogen-bond acceptors (Lipinski definition) is 3. The van der Waals surface area contributed by atoms with E-state index in [1.165, 1.54) is 6.21 Å². The molecular formula is C11H14N2O2. The van der Waals surface area contributed by atoms with Gasteiger partial charge in [0.05, 0.1) is 12.5 Å². The summed E-state index contributed by atoms with van der Waals surface area (Å²) in [7, 11) is 0. The molecule has 0 atom stereocenters. The fourth-order valence-corrected chi connectivity index (χ4v) is 1.80. The lowest BCUT2D eigenvalue weighted by Crippen LogP contribution is -2.24. The summed E-state index contributed by atoms with van der Waals surface area (Å²) in [5, 5.41) is 3.84. The van der Waals surface area contributed by atoms with Crippen molar-refractivity contribution in [3.8, 4) is 0 Å². The van der Waals surface area contributed by atoms with Gasteiger partial charge in [0.15, 0.2) is 0 Å². The van der Waals surface area contributed by atoms with Crippen LogP contribution in [0.3, 0.4) is 0 Å². The van der Waals surface area contributed by atoms with E-state index in [2.05, 4.69) is 10.5 Å². The van der Waals surface area contributed by atoms with E-state index in [1.54, 1.807) is 18.4 Å². The van der Waals surface area contributed by atoms with Crippen molar-refractivity contribution in [1.29, 1.82) is 0 Å². The van der Waals surface area contributed by atoms with Crippen molar-refractivity contribution in [2.45, 2.75) is 25.7 Å². The Morgan fingerprint density at radius 3 is 3.00 bits per heavy atom.